The van der Waals surface area contributed by atoms with Crippen molar-refractivity contribution in [3.63, 3.8) is 0 Å². The number of urea groups is 1. The molecule has 256 valence electrons. The fourth-order valence-electron chi connectivity index (χ4n) is 5.62. The van der Waals surface area contributed by atoms with E-state index in [0.717, 1.165) is 27.8 Å². The van der Waals surface area contributed by atoms with Crippen LogP contribution in [0.2, 0.25) is 0 Å². The molecule has 0 aromatic heterocycles. The van der Waals surface area contributed by atoms with Crippen LogP contribution in [0.1, 0.15) is 57.5 Å². The summed E-state index contributed by atoms with van der Waals surface area (Å²) in [6.45, 7) is 2.22. The van der Waals surface area contributed by atoms with Crippen molar-refractivity contribution in [2.45, 2.75) is 55.9 Å². The van der Waals surface area contributed by atoms with Crippen molar-refractivity contribution in [3.05, 3.63) is 137 Å². The predicted octanol–water partition coefficient (Wildman–Crippen LogP) is 6.04. The van der Waals surface area contributed by atoms with Crippen LogP contribution in [0.25, 0.3) is 0 Å². The van der Waals surface area contributed by atoms with Crippen molar-refractivity contribution in [1.29, 1.82) is 0 Å². The molecule has 1 aliphatic heterocycles. The smallest absolute Gasteiger partial charge is 0.336 e. The van der Waals surface area contributed by atoms with Gasteiger partial charge in [-0.3, -0.25) is 0 Å². The lowest BCUT2D eigenvalue weighted by atomic mass is 9.91. The molecule has 5 rings (SSSR count). The fourth-order valence-corrected chi connectivity index (χ4v) is 6.83. The number of aliphatic hydroxyl groups excluding tert-OH is 1. The highest BCUT2D eigenvalue weighted by Gasteiger charge is 2.38. The Labute approximate surface area is 289 Å². The number of rotatable bonds is 13. The molecule has 0 unspecified atom stereocenters. The summed E-state index contributed by atoms with van der Waals surface area (Å²) in [7, 11) is 1.29. The van der Waals surface area contributed by atoms with Crippen LogP contribution < -0.4 is 10.6 Å². The summed E-state index contributed by atoms with van der Waals surface area (Å²) in [6.07, 6.45) is -1.01. The van der Waals surface area contributed by atoms with Gasteiger partial charge in [0.05, 0.1) is 31.5 Å². The topological polar surface area (TPSA) is 143 Å². The lowest BCUT2D eigenvalue weighted by Gasteiger charge is -2.41. The number of amides is 2. The van der Waals surface area contributed by atoms with Crippen LogP contribution in [0, 0.1) is 5.92 Å². The van der Waals surface area contributed by atoms with Gasteiger partial charge in [-0.2, -0.15) is 0 Å². The Balaban J connectivity index is 1.26. The third kappa shape index (κ3) is 9.48. The zero-order valence-electron chi connectivity index (χ0n) is 27.3. The lowest BCUT2D eigenvalue weighted by molar-refractivity contribution is -0.268. The standard InChI is InChI=1S/C38H40N2O8S/c1-24-32(23-49-33-11-7-6-10-30(33)35(42)43)47-37(48-34(24)28-16-14-27(22-41)15-17-28)29-18-12-26(13-19-29)21-39-38(45)40-31(36(44)46-2)20-25-8-4-3-5-9-25/h3-19,24,31-32,34,37,41H,20-23H2,1-2H3,(H,42,43)(H2,39,40,45)/t24-,31+,32+,34+,37+/m1/s1. The molecule has 4 aromatic rings. The number of carbonyl (C=O) groups excluding carboxylic acids is 2. The molecule has 0 radical (unpaired) electrons. The second-order valence-corrected chi connectivity index (χ2v) is 12.8. The maximum atomic E-state index is 12.7. The van der Waals surface area contributed by atoms with E-state index in [1.165, 1.54) is 18.9 Å². The minimum atomic E-state index is -0.980. The fraction of sp³-hybridized carbons (Fsp3) is 0.289. The third-order valence-corrected chi connectivity index (χ3v) is 9.58. The number of thioether (sulfide) groups is 1. The Morgan fingerprint density at radius 2 is 1.49 bits per heavy atom. The molecule has 49 heavy (non-hydrogen) atoms. The van der Waals surface area contributed by atoms with Crippen LogP contribution >= 0.6 is 11.8 Å². The number of carbonyl (C=O) groups is 3. The highest BCUT2D eigenvalue weighted by molar-refractivity contribution is 7.99. The van der Waals surface area contributed by atoms with Gasteiger partial charge in [0.2, 0.25) is 0 Å². The summed E-state index contributed by atoms with van der Waals surface area (Å²) in [6, 6.07) is 30.1. The van der Waals surface area contributed by atoms with Crippen LogP contribution in [-0.2, 0) is 38.6 Å². The van der Waals surface area contributed by atoms with Crippen molar-refractivity contribution in [3.8, 4) is 0 Å². The van der Waals surface area contributed by atoms with Gasteiger partial charge in [0.15, 0.2) is 6.29 Å². The number of methoxy groups -OCH3 is 1. The summed E-state index contributed by atoms with van der Waals surface area (Å²) in [4.78, 5) is 37.5. The number of aliphatic hydroxyl groups is 1. The van der Waals surface area contributed by atoms with E-state index in [0.29, 0.717) is 17.1 Å². The number of esters is 1. The molecule has 1 aliphatic rings. The molecule has 1 heterocycles. The Kier molecular flexibility index (Phi) is 12.4. The Morgan fingerprint density at radius 1 is 0.837 bits per heavy atom. The van der Waals surface area contributed by atoms with E-state index in [-0.39, 0.29) is 36.8 Å². The molecule has 1 saturated heterocycles. The molecular weight excluding hydrogens is 644 g/mol. The maximum absolute atomic E-state index is 12.7. The quantitative estimate of drug-likeness (QED) is 0.0979. The molecule has 11 heteroatoms. The average molecular weight is 685 g/mol. The zero-order chi connectivity index (χ0) is 34.8. The normalized spacial score (nSPS) is 19.4. The summed E-state index contributed by atoms with van der Waals surface area (Å²) >= 11 is 1.44. The highest BCUT2D eigenvalue weighted by Crippen LogP contribution is 2.43. The van der Waals surface area contributed by atoms with Crippen molar-refractivity contribution in [1.82, 2.24) is 10.6 Å². The van der Waals surface area contributed by atoms with Gasteiger partial charge in [-0.25, -0.2) is 14.4 Å². The van der Waals surface area contributed by atoms with Gasteiger partial charge in [0, 0.05) is 35.1 Å². The molecule has 5 atom stereocenters. The first kappa shape index (κ1) is 35.6. The van der Waals surface area contributed by atoms with E-state index in [9.17, 15) is 24.6 Å². The van der Waals surface area contributed by atoms with E-state index < -0.39 is 30.3 Å². The second kappa shape index (κ2) is 17.1. The van der Waals surface area contributed by atoms with E-state index in [1.807, 2.05) is 84.9 Å². The number of carboxylic acids is 1. The molecule has 0 saturated carbocycles. The van der Waals surface area contributed by atoms with Gasteiger partial charge in [-0.1, -0.05) is 97.9 Å². The van der Waals surface area contributed by atoms with Gasteiger partial charge in [0.25, 0.3) is 0 Å². The molecule has 2 amide bonds. The summed E-state index contributed by atoms with van der Waals surface area (Å²) in [5.41, 5.74) is 4.50. The number of nitrogens with one attached hydrogen (secondary N) is 2. The van der Waals surface area contributed by atoms with Crippen LogP contribution in [0.4, 0.5) is 4.79 Å². The number of benzene rings is 4. The molecule has 0 aliphatic carbocycles. The Hall–Kier alpha value is -4.68. The predicted molar refractivity (Wildman–Crippen MR) is 185 cm³/mol. The van der Waals surface area contributed by atoms with E-state index in [4.69, 9.17) is 14.2 Å². The zero-order valence-corrected chi connectivity index (χ0v) is 28.1. The first-order chi connectivity index (χ1) is 23.7. The van der Waals surface area contributed by atoms with E-state index in [2.05, 4.69) is 17.6 Å². The van der Waals surface area contributed by atoms with Crippen LogP contribution in [0.3, 0.4) is 0 Å². The van der Waals surface area contributed by atoms with Gasteiger partial charge in [-0.05, 0) is 34.4 Å². The van der Waals surface area contributed by atoms with Gasteiger partial charge >= 0.3 is 18.0 Å². The van der Waals surface area contributed by atoms with Gasteiger partial charge < -0.3 is 35.1 Å². The molecule has 4 aromatic carbocycles. The summed E-state index contributed by atoms with van der Waals surface area (Å²) < 4.78 is 17.9. The molecule has 0 spiro atoms. The Morgan fingerprint density at radius 3 is 2.16 bits per heavy atom. The number of carboxylic acid groups (broad SMARTS) is 1. The first-order valence-corrected chi connectivity index (χ1v) is 16.9. The SMILES string of the molecule is COC(=O)[C@H](Cc1ccccc1)NC(=O)NCc1ccc([C@H]2O[C@@H](CSc3ccccc3C(=O)O)[C@@H](C)[C@@H](c3ccc(CO)cc3)O2)cc1. The van der Waals surface area contributed by atoms with Gasteiger partial charge in [-0.15, -0.1) is 11.8 Å². The number of hydrogen-bond donors (Lipinski definition) is 4. The van der Waals surface area contributed by atoms with Crippen LogP contribution in [0.5, 0.6) is 0 Å². The maximum Gasteiger partial charge on any atom is 0.336 e. The van der Waals surface area contributed by atoms with Crippen molar-refractivity contribution in [2.75, 3.05) is 12.9 Å². The Bertz CT molecular complexity index is 1700. The lowest BCUT2D eigenvalue weighted by Crippen LogP contribution is -2.47. The largest absolute Gasteiger partial charge is 0.478 e. The molecule has 10 nitrogen and oxygen atoms in total. The van der Waals surface area contributed by atoms with E-state index in [1.54, 1.807) is 18.2 Å². The molecular formula is C38H40N2O8S. The molecule has 4 N–H and O–H groups in total. The molecule has 1 fully saturated rings. The number of aromatic carboxylic acids is 1. The second-order valence-electron chi connectivity index (χ2n) is 11.8. The minimum Gasteiger partial charge on any atom is -0.478 e. The van der Waals surface area contributed by atoms with Crippen molar-refractivity contribution >= 4 is 29.7 Å². The molecule has 0 bridgehead atoms. The average Bonchev–Trinajstić information content (AvgIpc) is 3.13. The summed E-state index contributed by atoms with van der Waals surface area (Å²) in [5, 5.41) is 24.7. The van der Waals surface area contributed by atoms with Crippen LogP contribution in [0.15, 0.2) is 108 Å². The number of ether oxygens (including phenoxy) is 3. The summed E-state index contributed by atoms with van der Waals surface area (Å²) in [5.74, 6) is -1.08. The number of hydrogen-bond acceptors (Lipinski definition) is 8. The van der Waals surface area contributed by atoms with Gasteiger partial charge in [0.1, 0.15) is 6.04 Å². The third-order valence-electron chi connectivity index (χ3n) is 8.42. The van der Waals surface area contributed by atoms with E-state index >= 15 is 0 Å². The highest BCUT2D eigenvalue weighted by atomic mass is 32.2. The van der Waals surface area contributed by atoms with Crippen LogP contribution in [-0.4, -0.2) is 53.2 Å². The monoisotopic (exact) mass is 684 g/mol. The van der Waals surface area contributed by atoms with Crippen molar-refractivity contribution in [2.24, 2.45) is 5.92 Å². The minimum absolute atomic E-state index is 0.0578. The first-order valence-electron chi connectivity index (χ1n) is 16.0. The van der Waals surface area contributed by atoms with Crippen molar-refractivity contribution < 1.29 is 38.8 Å².